The van der Waals surface area contributed by atoms with Crippen molar-refractivity contribution in [2.45, 2.75) is 12.5 Å². The summed E-state index contributed by atoms with van der Waals surface area (Å²) >= 11 is 0. The number of nitrogens with one attached hydrogen (secondary N) is 1. The molecule has 18 heavy (non-hydrogen) atoms. The minimum absolute atomic E-state index is 0.0703. The molecule has 2 N–H and O–H groups in total. The molecule has 0 saturated carbocycles. The molecule has 1 aromatic rings. The average molecular weight is 253 g/mol. The quantitative estimate of drug-likeness (QED) is 0.831. The number of hydrogen-bond acceptors (Lipinski definition) is 4. The zero-order chi connectivity index (χ0) is 12.7. The summed E-state index contributed by atoms with van der Waals surface area (Å²) in [6.45, 7) is 0.408. The Bertz CT molecular complexity index is 505. The Labute approximate surface area is 103 Å². The van der Waals surface area contributed by atoms with E-state index >= 15 is 0 Å². The predicted molar refractivity (Wildman–Crippen MR) is 59.0 cm³/mol. The van der Waals surface area contributed by atoms with Gasteiger partial charge in [-0.15, -0.1) is 0 Å². The van der Waals surface area contributed by atoms with Crippen molar-refractivity contribution in [1.82, 2.24) is 5.32 Å². The Balaban J connectivity index is 1.94. The third-order valence-corrected chi connectivity index (χ3v) is 3.35. The van der Waals surface area contributed by atoms with Gasteiger partial charge in [-0.2, -0.15) is 0 Å². The minimum Gasteiger partial charge on any atom is -0.481 e. The number of fused-ring (bicyclic) bond motifs is 1. The second kappa shape index (κ2) is 4.13. The fourth-order valence-electron chi connectivity index (χ4n) is 2.44. The van der Waals surface area contributed by atoms with Gasteiger partial charge in [0, 0.05) is 12.6 Å². The summed E-state index contributed by atoms with van der Waals surface area (Å²) in [5.41, 5.74) is 0.369. The Morgan fingerprint density at radius 3 is 3.00 bits per heavy atom. The molecule has 2 unspecified atom stereocenters. The summed E-state index contributed by atoms with van der Waals surface area (Å²) in [5, 5.41) is 12.0. The first-order chi connectivity index (χ1) is 8.66. The number of ether oxygens (including phenoxy) is 2. The minimum atomic E-state index is -0.866. The van der Waals surface area contributed by atoms with E-state index in [0.717, 1.165) is 0 Å². The number of hydrogen-bond donors (Lipinski definition) is 2. The monoisotopic (exact) mass is 253 g/mol. The van der Waals surface area contributed by atoms with Gasteiger partial charge in [0.15, 0.2) is 11.5 Å². The van der Waals surface area contributed by atoms with Crippen LogP contribution in [0, 0.1) is 11.7 Å². The van der Waals surface area contributed by atoms with E-state index in [2.05, 4.69) is 5.32 Å². The molecule has 5 nitrogen and oxygen atoms in total. The van der Waals surface area contributed by atoms with Crippen molar-refractivity contribution in [3.05, 3.63) is 23.5 Å². The third-order valence-electron chi connectivity index (χ3n) is 3.35. The normalized spacial score (nSPS) is 25.4. The largest absolute Gasteiger partial charge is 0.481 e. The van der Waals surface area contributed by atoms with Crippen LogP contribution in [0.4, 0.5) is 4.39 Å². The molecule has 2 aliphatic rings. The zero-order valence-corrected chi connectivity index (χ0v) is 9.48. The molecular weight excluding hydrogens is 241 g/mol. The SMILES string of the molecule is O=C(O)C1CNC(c2c(F)ccc3c2OCO3)C1. The first-order valence-electron chi connectivity index (χ1n) is 5.71. The van der Waals surface area contributed by atoms with Gasteiger partial charge in [-0.05, 0) is 18.6 Å². The summed E-state index contributed by atoms with van der Waals surface area (Å²) in [5.74, 6) is -0.865. The average Bonchev–Trinajstić information content (AvgIpc) is 2.95. The highest BCUT2D eigenvalue weighted by atomic mass is 19.1. The molecule has 3 rings (SSSR count). The van der Waals surface area contributed by atoms with E-state index in [4.69, 9.17) is 14.6 Å². The van der Waals surface area contributed by atoms with Crippen LogP contribution < -0.4 is 14.8 Å². The molecule has 1 fully saturated rings. The van der Waals surface area contributed by atoms with E-state index in [0.29, 0.717) is 30.0 Å². The number of benzene rings is 1. The summed E-state index contributed by atoms with van der Waals surface area (Å²) in [7, 11) is 0. The fourth-order valence-corrected chi connectivity index (χ4v) is 2.44. The van der Waals surface area contributed by atoms with E-state index in [-0.39, 0.29) is 12.8 Å². The predicted octanol–water partition coefficient (Wildman–Crippen LogP) is 1.29. The lowest BCUT2D eigenvalue weighted by Gasteiger charge is -2.14. The van der Waals surface area contributed by atoms with E-state index in [1.807, 2.05) is 0 Å². The summed E-state index contributed by atoms with van der Waals surface area (Å²) in [6.07, 6.45) is 0.353. The van der Waals surface area contributed by atoms with E-state index in [9.17, 15) is 9.18 Å². The maximum Gasteiger partial charge on any atom is 0.307 e. The zero-order valence-electron chi connectivity index (χ0n) is 9.48. The van der Waals surface area contributed by atoms with Gasteiger partial charge < -0.3 is 19.9 Å². The highest BCUT2D eigenvalue weighted by Crippen LogP contribution is 2.43. The van der Waals surface area contributed by atoms with Crippen molar-refractivity contribution >= 4 is 5.97 Å². The smallest absolute Gasteiger partial charge is 0.307 e. The molecule has 0 bridgehead atoms. The molecule has 2 atom stereocenters. The summed E-state index contributed by atoms with van der Waals surface area (Å²) in [6, 6.07) is 2.49. The lowest BCUT2D eigenvalue weighted by Crippen LogP contribution is -2.18. The molecular formula is C12H12FNO4. The van der Waals surface area contributed by atoms with Gasteiger partial charge in [0.05, 0.1) is 11.5 Å². The summed E-state index contributed by atoms with van der Waals surface area (Å²) < 4.78 is 24.4. The van der Waals surface area contributed by atoms with Crippen molar-refractivity contribution in [2.75, 3.05) is 13.3 Å². The second-order valence-electron chi connectivity index (χ2n) is 4.43. The molecule has 6 heteroatoms. The van der Waals surface area contributed by atoms with Crippen LogP contribution in [-0.2, 0) is 4.79 Å². The summed E-state index contributed by atoms with van der Waals surface area (Å²) in [4.78, 5) is 10.9. The second-order valence-corrected chi connectivity index (χ2v) is 4.43. The highest BCUT2D eigenvalue weighted by Gasteiger charge is 2.35. The number of aliphatic carboxylic acids is 1. The van der Waals surface area contributed by atoms with E-state index in [1.54, 1.807) is 0 Å². The van der Waals surface area contributed by atoms with Gasteiger partial charge in [-0.25, -0.2) is 4.39 Å². The lowest BCUT2D eigenvalue weighted by molar-refractivity contribution is -0.141. The number of carbonyl (C=O) groups is 1. The standard InChI is InChI=1S/C12H12FNO4/c13-7-1-2-9-11(18-5-17-9)10(7)8-3-6(4-14-8)12(15)16/h1-2,6,8,14H,3-5H2,(H,15,16). The molecule has 1 aromatic carbocycles. The lowest BCUT2D eigenvalue weighted by atomic mass is 9.98. The highest BCUT2D eigenvalue weighted by molar-refractivity contribution is 5.71. The molecule has 0 amide bonds. The molecule has 0 aliphatic carbocycles. The van der Waals surface area contributed by atoms with E-state index < -0.39 is 17.7 Å². The molecule has 0 spiro atoms. The van der Waals surface area contributed by atoms with Crippen molar-refractivity contribution in [2.24, 2.45) is 5.92 Å². The molecule has 0 aromatic heterocycles. The Kier molecular flexibility index (Phi) is 2.59. The van der Waals surface area contributed by atoms with Crippen LogP contribution in [0.25, 0.3) is 0 Å². The van der Waals surface area contributed by atoms with Gasteiger partial charge in [0.2, 0.25) is 6.79 Å². The van der Waals surface area contributed by atoms with Crippen LogP contribution in [0.1, 0.15) is 18.0 Å². The van der Waals surface area contributed by atoms with Gasteiger partial charge in [0.25, 0.3) is 0 Å². The van der Waals surface area contributed by atoms with Crippen LogP contribution in [0.2, 0.25) is 0 Å². The number of rotatable bonds is 2. The van der Waals surface area contributed by atoms with Gasteiger partial charge in [0.1, 0.15) is 5.82 Å². The number of carboxylic acid groups (broad SMARTS) is 1. The van der Waals surface area contributed by atoms with Gasteiger partial charge in [-0.3, -0.25) is 4.79 Å². The third kappa shape index (κ3) is 1.69. The first kappa shape index (κ1) is 11.3. The van der Waals surface area contributed by atoms with Crippen LogP contribution in [0.3, 0.4) is 0 Å². The molecule has 2 heterocycles. The topological polar surface area (TPSA) is 67.8 Å². The Hall–Kier alpha value is -1.82. The van der Waals surface area contributed by atoms with Crippen molar-refractivity contribution in [1.29, 1.82) is 0 Å². The maximum absolute atomic E-state index is 13.9. The van der Waals surface area contributed by atoms with Crippen molar-refractivity contribution in [3.63, 3.8) is 0 Å². The van der Waals surface area contributed by atoms with Crippen LogP contribution >= 0.6 is 0 Å². The molecule has 96 valence electrons. The first-order valence-corrected chi connectivity index (χ1v) is 5.71. The van der Waals surface area contributed by atoms with Crippen molar-refractivity contribution < 1.29 is 23.8 Å². The number of halogens is 1. The molecule has 0 radical (unpaired) electrons. The molecule has 1 saturated heterocycles. The maximum atomic E-state index is 13.9. The Morgan fingerprint density at radius 1 is 1.44 bits per heavy atom. The molecule has 2 aliphatic heterocycles. The fraction of sp³-hybridized carbons (Fsp3) is 0.417. The van der Waals surface area contributed by atoms with Gasteiger partial charge in [-0.1, -0.05) is 0 Å². The van der Waals surface area contributed by atoms with E-state index in [1.165, 1.54) is 12.1 Å². The van der Waals surface area contributed by atoms with Gasteiger partial charge >= 0.3 is 5.97 Å². The van der Waals surface area contributed by atoms with Crippen molar-refractivity contribution in [3.8, 4) is 11.5 Å². The Morgan fingerprint density at radius 2 is 2.28 bits per heavy atom. The van der Waals surface area contributed by atoms with Crippen LogP contribution in [0.15, 0.2) is 12.1 Å². The van der Waals surface area contributed by atoms with Crippen LogP contribution in [-0.4, -0.2) is 24.4 Å². The number of carboxylic acids is 1. The van der Waals surface area contributed by atoms with Crippen LogP contribution in [0.5, 0.6) is 11.5 Å².